The number of pyridine rings is 1. The maximum Gasteiger partial charge on any atom is 0.270 e. The number of aromatic nitrogens is 1. The molecule has 1 saturated heterocycles. The van der Waals surface area contributed by atoms with Crippen molar-refractivity contribution in [3.05, 3.63) is 74.8 Å². The highest BCUT2D eigenvalue weighted by Gasteiger charge is 2.29. The highest BCUT2D eigenvalue weighted by molar-refractivity contribution is 6.31. The molecule has 0 radical (unpaired) electrons. The van der Waals surface area contributed by atoms with Gasteiger partial charge in [0.2, 0.25) is 5.43 Å². The number of halogens is 4. The number of hydrogen-bond acceptors (Lipinski definition) is 5. The molecule has 5 rings (SSSR count). The lowest BCUT2D eigenvalue weighted by Gasteiger charge is -2.33. The van der Waals surface area contributed by atoms with Crippen molar-refractivity contribution in [1.29, 1.82) is 0 Å². The summed E-state index contributed by atoms with van der Waals surface area (Å²) in [6.07, 6.45) is 3.84. The van der Waals surface area contributed by atoms with Gasteiger partial charge >= 0.3 is 0 Å². The summed E-state index contributed by atoms with van der Waals surface area (Å²) in [5.74, 6) is -3.72. The minimum atomic E-state index is -2.93. The van der Waals surface area contributed by atoms with Crippen LogP contribution in [0, 0.1) is 5.82 Å². The zero-order valence-corrected chi connectivity index (χ0v) is 22.8. The van der Waals surface area contributed by atoms with Crippen LogP contribution in [0.3, 0.4) is 0 Å². The van der Waals surface area contributed by atoms with Crippen LogP contribution in [0.5, 0.6) is 5.75 Å². The van der Waals surface area contributed by atoms with Crippen LogP contribution in [-0.4, -0.2) is 58.9 Å². The van der Waals surface area contributed by atoms with Crippen molar-refractivity contribution >= 4 is 28.4 Å². The molecule has 0 bridgehead atoms. The van der Waals surface area contributed by atoms with E-state index < -0.39 is 29.2 Å². The van der Waals surface area contributed by atoms with Gasteiger partial charge in [-0.2, -0.15) is 0 Å². The van der Waals surface area contributed by atoms with E-state index in [1.54, 1.807) is 6.20 Å². The monoisotopic (exact) mass is 577 g/mol. The predicted octanol–water partition coefficient (Wildman–Crippen LogP) is 4.87. The van der Waals surface area contributed by atoms with Crippen molar-refractivity contribution < 1.29 is 27.8 Å². The molecule has 3 aromatic rings. The molecule has 2 aliphatic rings. The number of carbonyl (C=O) groups is 1. The van der Waals surface area contributed by atoms with Gasteiger partial charge in [-0.15, -0.1) is 0 Å². The van der Waals surface area contributed by atoms with E-state index in [0.29, 0.717) is 43.7 Å². The van der Waals surface area contributed by atoms with Crippen LogP contribution in [0.1, 0.15) is 54.6 Å². The lowest BCUT2D eigenvalue weighted by Crippen LogP contribution is -2.47. The van der Waals surface area contributed by atoms with Gasteiger partial charge < -0.3 is 24.6 Å². The molecule has 214 valence electrons. The van der Waals surface area contributed by atoms with E-state index in [9.17, 15) is 27.9 Å². The third kappa shape index (κ3) is 6.45. The summed E-state index contributed by atoms with van der Waals surface area (Å²) in [5, 5.41) is 13.4. The van der Waals surface area contributed by atoms with Crippen molar-refractivity contribution in [3.63, 3.8) is 0 Å². The zero-order valence-electron chi connectivity index (χ0n) is 22.0. The molecule has 2 N–H and O–H groups in total. The molecule has 7 nitrogen and oxygen atoms in total. The topological polar surface area (TPSA) is 83.8 Å². The van der Waals surface area contributed by atoms with Gasteiger partial charge in [0, 0.05) is 55.8 Å². The Morgan fingerprint density at radius 2 is 1.85 bits per heavy atom. The molecule has 11 heteroatoms. The Morgan fingerprint density at radius 1 is 1.18 bits per heavy atom. The smallest absolute Gasteiger partial charge is 0.270 e. The lowest BCUT2D eigenvalue weighted by molar-refractivity contribution is 0.0173. The second kappa shape index (κ2) is 11.4. The standard InChI is InChI=1S/C29H31ClF3N3O4/c1-29(32,33)17-2-6-21(7-3-17)40-16-20(37)14-35-10-8-18(9-11-35)34-28(39)23-15-36(19-4-5-19)26-13-24(30)25(31)12-22(26)27(23)38/h2-3,6-7,12-13,15,18-20,37H,4-5,8-11,14,16H2,1H3,(H,34,39). The van der Waals surface area contributed by atoms with E-state index in [2.05, 4.69) is 10.2 Å². The van der Waals surface area contributed by atoms with Crippen molar-refractivity contribution in [2.75, 3.05) is 26.2 Å². The Balaban J connectivity index is 1.14. The third-order valence-corrected chi connectivity index (χ3v) is 7.74. The largest absolute Gasteiger partial charge is 0.491 e. The van der Waals surface area contributed by atoms with Gasteiger partial charge in [0.05, 0.1) is 10.5 Å². The highest BCUT2D eigenvalue weighted by Crippen LogP contribution is 2.37. The van der Waals surface area contributed by atoms with E-state index >= 15 is 0 Å². The van der Waals surface area contributed by atoms with Gasteiger partial charge in [0.1, 0.15) is 29.8 Å². The number of ether oxygens (including phenoxy) is 1. The first-order valence-electron chi connectivity index (χ1n) is 13.4. The number of carbonyl (C=O) groups excluding carboxylic acids is 1. The molecule has 2 fully saturated rings. The number of likely N-dealkylation sites (tertiary alicyclic amines) is 1. The Hall–Kier alpha value is -3.08. The van der Waals surface area contributed by atoms with Gasteiger partial charge in [-0.05, 0) is 62.1 Å². The van der Waals surface area contributed by atoms with E-state index in [0.717, 1.165) is 25.8 Å². The minimum Gasteiger partial charge on any atom is -0.491 e. The summed E-state index contributed by atoms with van der Waals surface area (Å²) >= 11 is 5.96. The number of rotatable bonds is 9. The maximum absolute atomic E-state index is 14.2. The van der Waals surface area contributed by atoms with Gasteiger partial charge in [0.15, 0.2) is 0 Å². The fraction of sp³-hybridized carbons (Fsp3) is 0.448. The van der Waals surface area contributed by atoms with Gasteiger partial charge in [0.25, 0.3) is 11.8 Å². The SMILES string of the molecule is CC(F)(F)c1ccc(OCC(O)CN2CCC(NC(=O)c3cn(C4CC4)c4cc(Cl)c(F)cc4c3=O)CC2)cc1. The number of aliphatic hydroxyl groups excluding tert-OH is 1. The molecule has 1 atom stereocenters. The molecule has 1 aromatic heterocycles. The van der Waals surface area contributed by atoms with Crippen LogP contribution in [0.2, 0.25) is 5.02 Å². The molecule has 0 spiro atoms. The number of nitrogens with one attached hydrogen (secondary N) is 1. The molecule has 40 heavy (non-hydrogen) atoms. The summed E-state index contributed by atoms with van der Waals surface area (Å²) in [5.41, 5.74) is -0.139. The van der Waals surface area contributed by atoms with Gasteiger partial charge in [-0.25, -0.2) is 13.2 Å². The molecule has 1 aliphatic heterocycles. The number of alkyl halides is 2. The molecule has 1 aliphatic carbocycles. The number of fused-ring (bicyclic) bond motifs is 1. The number of hydrogen-bond donors (Lipinski definition) is 2. The number of benzene rings is 2. The average molecular weight is 578 g/mol. The summed E-state index contributed by atoms with van der Waals surface area (Å²) in [7, 11) is 0. The van der Waals surface area contributed by atoms with Crippen LogP contribution in [-0.2, 0) is 5.92 Å². The summed E-state index contributed by atoms with van der Waals surface area (Å²) < 4.78 is 48.3. The van der Waals surface area contributed by atoms with Crippen LogP contribution < -0.4 is 15.5 Å². The Bertz CT molecular complexity index is 1450. The van der Waals surface area contributed by atoms with E-state index in [1.807, 2.05) is 4.57 Å². The fourth-order valence-electron chi connectivity index (χ4n) is 5.07. The Labute approximate surface area is 234 Å². The van der Waals surface area contributed by atoms with Crippen molar-refractivity contribution in [3.8, 4) is 5.75 Å². The number of β-amino-alcohol motifs (C(OH)–C–C–N with tert-alkyl or cyclic N) is 1. The molecule has 1 saturated carbocycles. The van der Waals surface area contributed by atoms with Crippen molar-refractivity contribution in [1.82, 2.24) is 14.8 Å². The average Bonchev–Trinajstić information content (AvgIpc) is 3.75. The molecule has 1 unspecified atom stereocenters. The first kappa shape index (κ1) is 28.4. The van der Waals surface area contributed by atoms with Crippen LogP contribution >= 0.6 is 11.6 Å². The van der Waals surface area contributed by atoms with E-state index in [-0.39, 0.29) is 40.2 Å². The molecular formula is C29H31ClF3N3O4. The number of piperidine rings is 1. The Kier molecular flexibility index (Phi) is 8.13. The quantitative estimate of drug-likeness (QED) is 0.379. The molecule has 2 heterocycles. The van der Waals surface area contributed by atoms with E-state index in [1.165, 1.54) is 30.3 Å². The molecule has 1 amide bonds. The Morgan fingerprint density at radius 3 is 2.48 bits per heavy atom. The normalized spacial score (nSPS) is 17.6. The van der Waals surface area contributed by atoms with Crippen LogP contribution in [0.4, 0.5) is 13.2 Å². The van der Waals surface area contributed by atoms with Crippen molar-refractivity contribution in [2.45, 2.75) is 56.7 Å². The number of amides is 1. The van der Waals surface area contributed by atoms with E-state index in [4.69, 9.17) is 16.3 Å². The van der Waals surface area contributed by atoms with Crippen LogP contribution in [0.25, 0.3) is 10.9 Å². The predicted molar refractivity (Wildman–Crippen MR) is 146 cm³/mol. The highest BCUT2D eigenvalue weighted by atomic mass is 35.5. The summed E-state index contributed by atoms with van der Waals surface area (Å²) in [6.45, 7) is 2.44. The molecular weight excluding hydrogens is 547 g/mol. The second-order valence-corrected chi connectivity index (χ2v) is 11.1. The lowest BCUT2D eigenvalue weighted by atomic mass is 10.0. The van der Waals surface area contributed by atoms with Gasteiger partial charge in [-0.1, -0.05) is 11.6 Å². The fourth-order valence-corrected chi connectivity index (χ4v) is 5.23. The number of aliphatic hydroxyl groups is 1. The summed E-state index contributed by atoms with van der Waals surface area (Å²) in [6, 6.07) is 8.03. The number of nitrogens with zero attached hydrogens (tertiary/aromatic N) is 2. The second-order valence-electron chi connectivity index (χ2n) is 10.7. The third-order valence-electron chi connectivity index (χ3n) is 7.45. The molecule has 2 aromatic carbocycles. The first-order chi connectivity index (χ1) is 19.0. The maximum atomic E-state index is 14.2. The zero-order chi connectivity index (χ0) is 28.6. The minimum absolute atomic E-state index is 0.0135. The van der Waals surface area contributed by atoms with Crippen molar-refractivity contribution in [2.24, 2.45) is 0 Å². The van der Waals surface area contributed by atoms with Crippen LogP contribution in [0.15, 0.2) is 47.4 Å². The van der Waals surface area contributed by atoms with Gasteiger partial charge in [-0.3, -0.25) is 9.59 Å². The summed E-state index contributed by atoms with van der Waals surface area (Å²) in [4.78, 5) is 28.3. The first-order valence-corrected chi connectivity index (χ1v) is 13.7.